The summed E-state index contributed by atoms with van der Waals surface area (Å²) in [5, 5.41) is 6.58. The van der Waals surface area contributed by atoms with E-state index in [0.29, 0.717) is 11.5 Å². The molecule has 1 aromatic heterocycles. The molecule has 0 aliphatic carbocycles. The first-order valence-corrected chi connectivity index (χ1v) is 8.99. The van der Waals surface area contributed by atoms with Crippen LogP contribution in [0.3, 0.4) is 0 Å². The molecule has 0 aliphatic rings. The Kier molecular flexibility index (Phi) is 6.15. The first-order chi connectivity index (χ1) is 11.4. The van der Waals surface area contributed by atoms with Crippen LogP contribution in [0, 0.1) is 0 Å². The molecule has 1 heterocycles. The molecule has 24 heavy (non-hydrogen) atoms. The minimum absolute atomic E-state index is 0.0447. The van der Waals surface area contributed by atoms with E-state index in [-0.39, 0.29) is 24.4 Å². The van der Waals surface area contributed by atoms with Gasteiger partial charge in [-0.2, -0.15) is 11.3 Å². The smallest absolute Gasteiger partial charge is 0.254 e. The second-order valence-electron chi connectivity index (χ2n) is 6.28. The third-order valence-corrected chi connectivity index (χ3v) is 4.66. The summed E-state index contributed by atoms with van der Waals surface area (Å²) in [6.45, 7) is 6.30. The van der Waals surface area contributed by atoms with Crippen LogP contribution in [-0.4, -0.2) is 30.3 Å². The van der Waals surface area contributed by atoms with Gasteiger partial charge in [0.05, 0.1) is 18.2 Å². The van der Waals surface area contributed by atoms with Crippen LogP contribution in [-0.2, 0) is 4.79 Å². The molecule has 2 aromatic rings. The summed E-state index contributed by atoms with van der Waals surface area (Å²) < 4.78 is 0. The van der Waals surface area contributed by atoms with Gasteiger partial charge in [0.15, 0.2) is 0 Å². The van der Waals surface area contributed by atoms with Crippen molar-refractivity contribution in [2.75, 3.05) is 13.6 Å². The zero-order chi connectivity index (χ0) is 17.7. The number of benzene rings is 1. The molecule has 128 valence electrons. The van der Waals surface area contributed by atoms with Gasteiger partial charge in [-0.15, -0.1) is 0 Å². The largest absolute Gasteiger partial charge is 0.348 e. The molecule has 0 bridgehead atoms. The average molecular weight is 344 g/mol. The van der Waals surface area contributed by atoms with Crippen molar-refractivity contribution in [1.29, 1.82) is 0 Å². The quantitative estimate of drug-likeness (QED) is 0.866. The van der Waals surface area contributed by atoms with E-state index in [2.05, 4.69) is 31.3 Å². The molecular weight excluding hydrogens is 320 g/mol. The Labute approximate surface area is 147 Å². The van der Waals surface area contributed by atoms with Gasteiger partial charge in [-0.1, -0.05) is 38.1 Å². The highest BCUT2D eigenvalue weighted by molar-refractivity contribution is 7.08. The molecular formula is C19H24N2O2S. The predicted octanol–water partition coefficient (Wildman–Crippen LogP) is 3.82. The highest BCUT2D eigenvalue weighted by atomic mass is 32.1. The van der Waals surface area contributed by atoms with E-state index in [1.165, 1.54) is 21.8 Å². The van der Waals surface area contributed by atoms with Gasteiger partial charge < -0.3 is 10.2 Å². The minimum Gasteiger partial charge on any atom is -0.348 e. The lowest BCUT2D eigenvalue weighted by Crippen LogP contribution is -2.39. The lowest BCUT2D eigenvalue weighted by atomic mass is 9.99. The first kappa shape index (κ1) is 18.2. The third kappa shape index (κ3) is 4.68. The van der Waals surface area contributed by atoms with E-state index in [0.717, 1.165) is 5.56 Å². The Hall–Kier alpha value is -2.14. The Balaban J connectivity index is 1.90. The second-order valence-corrected chi connectivity index (χ2v) is 7.06. The molecule has 1 atom stereocenters. The lowest BCUT2D eigenvalue weighted by Gasteiger charge is -2.19. The van der Waals surface area contributed by atoms with Crippen molar-refractivity contribution >= 4 is 23.2 Å². The molecule has 0 radical (unpaired) electrons. The van der Waals surface area contributed by atoms with Crippen LogP contribution in [0.4, 0.5) is 0 Å². The number of thiophene rings is 1. The maximum atomic E-state index is 12.2. The molecule has 0 unspecified atom stereocenters. The SMILES string of the molecule is CC(C)c1ccc([C@@H](C)NC(=O)CN(C)C(=O)c2ccsc2)cc1. The second kappa shape index (κ2) is 8.11. The zero-order valence-corrected chi connectivity index (χ0v) is 15.4. The molecule has 0 spiro atoms. The zero-order valence-electron chi connectivity index (χ0n) is 14.6. The van der Waals surface area contributed by atoms with Gasteiger partial charge in [0.2, 0.25) is 5.91 Å². The number of nitrogens with one attached hydrogen (secondary N) is 1. The Bertz CT molecular complexity index is 678. The number of hydrogen-bond acceptors (Lipinski definition) is 3. The molecule has 2 amide bonds. The highest BCUT2D eigenvalue weighted by Crippen LogP contribution is 2.18. The Morgan fingerprint density at radius 1 is 1.08 bits per heavy atom. The average Bonchev–Trinajstić information content (AvgIpc) is 3.08. The van der Waals surface area contributed by atoms with Crippen LogP contribution in [0.15, 0.2) is 41.1 Å². The summed E-state index contributed by atoms with van der Waals surface area (Å²) in [6.07, 6.45) is 0. The molecule has 1 aromatic carbocycles. The van der Waals surface area contributed by atoms with Gasteiger partial charge in [0.25, 0.3) is 5.91 Å². The molecule has 5 heteroatoms. The van der Waals surface area contributed by atoms with E-state index in [1.54, 1.807) is 18.5 Å². The topological polar surface area (TPSA) is 49.4 Å². The fourth-order valence-corrected chi connectivity index (χ4v) is 3.06. The Morgan fingerprint density at radius 3 is 2.25 bits per heavy atom. The number of carbonyl (C=O) groups is 2. The van der Waals surface area contributed by atoms with Crippen molar-refractivity contribution in [2.45, 2.75) is 32.7 Å². The van der Waals surface area contributed by atoms with Gasteiger partial charge in [0, 0.05) is 12.4 Å². The van der Waals surface area contributed by atoms with E-state index in [4.69, 9.17) is 0 Å². The van der Waals surface area contributed by atoms with Crippen LogP contribution in [0.1, 0.15) is 54.2 Å². The fourth-order valence-electron chi connectivity index (χ4n) is 2.43. The number of amides is 2. The molecule has 0 saturated heterocycles. The third-order valence-electron chi connectivity index (χ3n) is 3.98. The summed E-state index contributed by atoms with van der Waals surface area (Å²) >= 11 is 1.47. The molecule has 0 saturated carbocycles. The number of rotatable bonds is 6. The van der Waals surface area contributed by atoms with Gasteiger partial charge in [-0.25, -0.2) is 0 Å². The van der Waals surface area contributed by atoms with E-state index in [9.17, 15) is 9.59 Å². The maximum absolute atomic E-state index is 12.2. The standard InChI is InChI=1S/C19H24N2O2S/c1-13(2)15-5-7-16(8-6-15)14(3)20-18(22)11-21(4)19(23)17-9-10-24-12-17/h5-10,12-14H,11H2,1-4H3,(H,20,22)/t14-/m1/s1. The molecule has 0 fully saturated rings. The van der Waals surface area contributed by atoms with Crippen LogP contribution < -0.4 is 5.32 Å². The molecule has 2 rings (SSSR count). The first-order valence-electron chi connectivity index (χ1n) is 8.05. The van der Waals surface area contributed by atoms with Crippen LogP contribution in [0.2, 0.25) is 0 Å². The summed E-state index contributed by atoms with van der Waals surface area (Å²) in [4.78, 5) is 25.8. The van der Waals surface area contributed by atoms with Crippen molar-refractivity contribution in [3.05, 3.63) is 57.8 Å². The molecule has 1 N–H and O–H groups in total. The fraction of sp³-hybridized carbons (Fsp3) is 0.368. The van der Waals surface area contributed by atoms with Gasteiger partial charge in [-0.05, 0) is 35.4 Å². The van der Waals surface area contributed by atoms with E-state index in [1.807, 2.05) is 24.4 Å². The summed E-state index contributed by atoms with van der Waals surface area (Å²) in [5.74, 6) is 0.183. The van der Waals surface area contributed by atoms with E-state index < -0.39 is 0 Å². The maximum Gasteiger partial charge on any atom is 0.254 e. The number of carbonyl (C=O) groups excluding carboxylic acids is 2. The van der Waals surface area contributed by atoms with Crippen molar-refractivity contribution in [3.8, 4) is 0 Å². The van der Waals surface area contributed by atoms with Crippen molar-refractivity contribution < 1.29 is 9.59 Å². The minimum atomic E-state index is -0.165. The van der Waals surface area contributed by atoms with Gasteiger partial charge in [-0.3, -0.25) is 9.59 Å². The Morgan fingerprint density at radius 2 is 1.71 bits per heavy atom. The predicted molar refractivity (Wildman–Crippen MR) is 98.4 cm³/mol. The lowest BCUT2D eigenvalue weighted by molar-refractivity contribution is -0.122. The van der Waals surface area contributed by atoms with Crippen LogP contribution in [0.5, 0.6) is 0 Å². The van der Waals surface area contributed by atoms with Crippen LogP contribution >= 0.6 is 11.3 Å². The number of likely N-dealkylation sites (N-methyl/N-ethyl adjacent to an activating group) is 1. The molecule has 4 nitrogen and oxygen atoms in total. The van der Waals surface area contributed by atoms with Crippen molar-refractivity contribution in [2.24, 2.45) is 0 Å². The van der Waals surface area contributed by atoms with Crippen molar-refractivity contribution in [3.63, 3.8) is 0 Å². The normalized spacial score (nSPS) is 12.0. The highest BCUT2D eigenvalue weighted by Gasteiger charge is 2.17. The number of hydrogen-bond donors (Lipinski definition) is 1. The van der Waals surface area contributed by atoms with Crippen molar-refractivity contribution in [1.82, 2.24) is 10.2 Å². The summed E-state index contributed by atoms with van der Waals surface area (Å²) in [6, 6.07) is 9.94. The summed E-state index contributed by atoms with van der Waals surface area (Å²) in [7, 11) is 1.64. The van der Waals surface area contributed by atoms with Gasteiger partial charge in [0.1, 0.15) is 0 Å². The van der Waals surface area contributed by atoms with Crippen LogP contribution in [0.25, 0.3) is 0 Å². The monoisotopic (exact) mass is 344 g/mol. The van der Waals surface area contributed by atoms with Gasteiger partial charge >= 0.3 is 0 Å². The molecule has 0 aliphatic heterocycles. The number of nitrogens with zero attached hydrogens (tertiary/aromatic N) is 1. The summed E-state index contributed by atoms with van der Waals surface area (Å²) in [5.41, 5.74) is 2.95. The van der Waals surface area contributed by atoms with E-state index >= 15 is 0 Å².